The molecule has 0 fully saturated rings. The molecule has 0 saturated heterocycles. The molecule has 0 aliphatic rings. The Bertz CT molecular complexity index is 454. The van der Waals surface area contributed by atoms with Gasteiger partial charge in [-0.25, -0.2) is 4.39 Å². The Morgan fingerprint density at radius 3 is 2.83 bits per heavy atom. The molecule has 0 aromatic heterocycles. The van der Waals surface area contributed by atoms with Crippen LogP contribution in [0, 0.1) is 5.82 Å². The number of hydrogen-bond acceptors (Lipinski definition) is 2. The average Bonchev–Trinajstić information content (AvgIpc) is 2.31. The number of amides is 1. The summed E-state index contributed by atoms with van der Waals surface area (Å²) in [4.78, 5) is 12.2. The van der Waals surface area contributed by atoms with Gasteiger partial charge >= 0.3 is 0 Å². The molecule has 0 radical (unpaired) electrons. The van der Waals surface area contributed by atoms with Crippen molar-refractivity contribution in [2.75, 3.05) is 6.54 Å². The van der Waals surface area contributed by atoms with E-state index in [2.05, 4.69) is 21.2 Å². The third-order valence-electron chi connectivity index (χ3n) is 2.31. The molecule has 0 atom stereocenters. The molecular formula is C12H14BrFN2OS. The molecule has 98 valence electrons. The number of halogens is 2. The highest BCUT2D eigenvalue weighted by atomic mass is 79.9. The van der Waals surface area contributed by atoms with Gasteiger partial charge in [-0.1, -0.05) is 28.1 Å². The van der Waals surface area contributed by atoms with Crippen molar-refractivity contribution in [3.05, 3.63) is 34.1 Å². The second-order valence-corrected chi connectivity index (χ2v) is 5.24. The SMILES string of the molecule is NC(=S)CCCCNC(=O)c1cc(Br)ccc1F. The average molecular weight is 333 g/mol. The molecule has 0 saturated carbocycles. The lowest BCUT2D eigenvalue weighted by Crippen LogP contribution is -2.25. The van der Waals surface area contributed by atoms with Gasteiger partial charge < -0.3 is 11.1 Å². The van der Waals surface area contributed by atoms with Crippen molar-refractivity contribution in [2.45, 2.75) is 19.3 Å². The molecule has 0 aliphatic heterocycles. The van der Waals surface area contributed by atoms with E-state index in [1.165, 1.54) is 12.1 Å². The Morgan fingerprint density at radius 1 is 1.44 bits per heavy atom. The van der Waals surface area contributed by atoms with Crippen LogP contribution < -0.4 is 11.1 Å². The van der Waals surface area contributed by atoms with Gasteiger partial charge in [0.15, 0.2) is 0 Å². The van der Waals surface area contributed by atoms with Crippen LogP contribution in [-0.2, 0) is 0 Å². The maximum Gasteiger partial charge on any atom is 0.254 e. The van der Waals surface area contributed by atoms with E-state index in [1.54, 1.807) is 6.07 Å². The van der Waals surface area contributed by atoms with Gasteiger partial charge in [0.05, 0.1) is 10.6 Å². The zero-order chi connectivity index (χ0) is 13.5. The Kier molecular flexibility index (Phi) is 6.21. The van der Waals surface area contributed by atoms with E-state index in [0.717, 1.165) is 12.8 Å². The highest BCUT2D eigenvalue weighted by molar-refractivity contribution is 9.10. The molecule has 0 aliphatic carbocycles. The fourth-order valence-electron chi connectivity index (χ4n) is 1.39. The van der Waals surface area contributed by atoms with Crippen molar-refractivity contribution in [3.63, 3.8) is 0 Å². The number of thiocarbonyl (C=S) groups is 1. The van der Waals surface area contributed by atoms with Crippen LogP contribution >= 0.6 is 28.1 Å². The van der Waals surface area contributed by atoms with Crippen LogP contribution in [0.4, 0.5) is 4.39 Å². The molecular weight excluding hydrogens is 319 g/mol. The van der Waals surface area contributed by atoms with E-state index in [9.17, 15) is 9.18 Å². The third-order valence-corrected chi connectivity index (χ3v) is 3.01. The Labute approximate surface area is 119 Å². The molecule has 3 nitrogen and oxygen atoms in total. The van der Waals surface area contributed by atoms with Gasteiger partial charge in [0.1, 0.15) is 5.82 Å². The van der Waals surface area contributed by atoms with Crippen molar-refractivity contribution in [3.8, 4) is 0 Å². The molecule has 1 aromatic rings. The smallest absolute Gasteiger partial charge is 0.254 e. The summed E-state index contributed by atoms with van der Waals surface area (Å²) in [6.45, 7) is 0.480. The minimum Gasteiger partial charge on any atom is -0.393 e. The first kappa shape index (κ1) is 15.0. The second kappa shape index (κ2) is 7.43. The summed E-state index contributed by atoms with van der Waals surface area (Å²) in [5, 5.41) is 2.66. The molecule has 0 unspecified atom stereocenters. The second-order valence-electron chi connectivity index (χ2n) is 3.80. The normalized spacial score (nSPS) is 10.1. The highest BCUT2D eigenvalue weighted by Gasteiger charge is 2.11. The van der Waals surface area contributed by atoms with Crippen molar-refractivity contribution in [1.29, 1.82) is 0 Å². The van der Waals surface area contributed by atoms with E-state index in [4.69, 9.17) is 18.0 Å². The number of nitrogens with one attached hydrogen (secondary N) is 1. The van der Waals surface area contributed by atoms with E-state index in [-0.39, 0.29) is 5.56 Å². The fraction of sp³-hybridized carbons (Fsp3) is 0.333. The van der Waals surface area contributed by atoms with E-state index >= 15 is 0 Å². The van der Waals surface area contributed by atoms with Crippen molar-refractivity contribution < 1.29 is 9.18 Å². The first-order chi connectivity index (χ1) is 8.50. The molecule has 0 bridgehead atoms. The fourth-order valence-corrected chi connectivity index (χ4v) is 1.90. The van der Waals surface area contributed by atoms with Crippen LogP contribution in [0.25, 0.3) is 0 Å². The molecule has 1 aromatic carbocycles. The van der Waals surface area contributed by atoms with E-state index in [1.807, 2.05) is 0 Å². The summed E-state index contributed by atoms with van der Waals surface area (Å²) in [7, 11) is 0. The maximum atomic E-state index is 13.4. The van der Waals surface area contributed by atoms with Gasteiger partial charge in [0, 0.05) is 11.0 Å². The lowest BCUT2D eigenvalue weighted by molar-refractivity contribution is 0.0949. The summed E-state index contributed by atoms with van der Waals surface area (Å²) in [6.07, 6.45) is 2.24. The largest absolute Gasteiger partial charge is 0.393 e. The number of nitrogens with two attached hydrogens (primary N) is 1. The molecule has 0 heterocycles. The predicted octanol–water partition coefficient (Wildman–Crippen LogP) is 2.77. The summed E-state index contributed by atoms with van der Waals surface area (Å²) >= 11 is 7.94. The third kappa shape index (κ3) is 5.10. The topological polar surface area (TPSA) is 55.1 Å². The van der Waals surface area contributed by atoms with Gasteiger partial charge in [-0.05, 0) is 37.5 Å². The number of carbonyl (C=O) groups excluding carboxylic acids is 1. The molecule has 0 spiro atoms. The minimum atomic E-state index is -0.529. The highest BCUT2D eigenvalue weighted by Crippen LogP contribution is 2.15. The Balaban J connectivity index is 2.41. The van der Waals surface area contributed by atoms with E-state index < -0.39 is 11.7 Å². The first-order valence-electron chi connectivity index (χ1n) is 5.52. The van der Waals surface area contributed by atoms with Crippen LogP contribution in [0.3, 0.4) is 0 Å². The van der Waals surface area contributed by atoms with Crippen molar-refractivity contribution in [1.82, 2.24) is 5.32 Å². The number of unbranched alkanes of at least 4 members (excludes halogenated alkanes) is 1. The van der Waals surface area contributed by atoms with Crippen LogP contribution in [-0.4, -0.2) is 17.4 Å². The standard InChI is InChI=1S/C12H14BrFN2OS/c13-8-4-5-10(14)9(7-8)12(17)16-6-2-1-3-11(15)18/h4-5,7H,1-3,6H2,(H2,15,18)(H,16,17). The number of carbonyl (C=O) groups is 1. The summed E-state index contributed by atoms with van der Waals surface area (Å²) in [6, 6.07) is 4.26. The Morgan fingerprint density at radius 2 is 2.17 bits per heavy atom. The van der Waals surface area contributed by atoms with Gasteiger partial charge in [-0.3, -0.25) is 4.79 Å². The number of rotatable bonds is 6. The zero-order valence-corrected chi connectivity index (χ0v) is 12.1. The van der Waals surface area contributed by atoms with Crippen LogP contribution in [0.15, 0.2) is 22.7 Å². The molecule has 6 heteroatoms. The molecule has 1 rings (SSSR count). The maximum absolute atomic E-state index is 13.4. The van der Waals surface area contributed by atoms with Crippen LogP contribution in [0.2, 0.25) is 0 Å². The van der Waals surface area contributed by atoms with Crippen LogP contribution in [0.1, 0.15) is 29.6 Å². The summed E-state index contributed by atoms with van der Waals surface area (Å²) in [5.74, 6) is -0.942. The monoisotopic (exact) mass is 332 g/mol. The summed E-state index contributed by atoms with van der Waals surface area (Å²) < 4.78 is 14.1. The number of hydrogen-bond donors (Lipinski definition) is 2. The first-order valence-corrected chi connectivity index (χ1v) is 6.72. The summed E-state index contributed by atoms with van der Waals surface area (Å²) in [5.41, 5.74) is 5.39. The number of benzene rings is 1. The molecule has 3 N–H and O–H groups in total. The zero-order valence-electron chi connectivity index (χ0n) is 9.71. The molecule has 18 heavy (non-hydrogen) atoms. The van der Waals surface area contributed by atoms with Gasteiger partial charge in [0.2, 0.25) is 0 Å². The van der Waals surface area contributed by atoms with Crippen LogP contribution in [0.5, 0.6) is 0 Å². The van der Waals surface area contributed by atoms with Crippen molar-refractivity contribution in [2.24, 2.45) is 5.73 Å². The lowest BCUT2D eigenvalue weighted by atomic mass is 10.2. The van der Waals surface area contributed by atoms with E-state index in [0.29, 0.717) is 22.4 Å². The quantitative estimate of drug-likeness (QED) is 0.622. The predicted molar refractivity (Wildman–Crippen MR) is 77.1 cm³/mol. The Hall–Kier alpha value is -1.01. The molecule has 1 amide bonds. The lowest BCUT2D eigenvalue weighted by Gasteiger charge is -2.06. The van der Waals surface area contributed by atoms with Crippen molar-refractivity contribution >= 4 is 39.0 Å². The van der Waals surface area contributed by atoms with Gasteiger partial charge in [-0.2, -0.15) is 0 Å². The minimum absolute atomic E-state index is 0.0405. The van der Waals surface area contributed by atoms with Gasteiger partial charge in [-0.15, -0.1) is 0 Å². The van der Waals surface area contributed by atoms with Gasteiger partial charge in [0.25, 0.3) is 5.91 Å².